The van der Waals surface area contributed by atoms with Crippen LogP contribution in [0.15, 0.2) is 139 Å². The zero-order chi connectivity index (χ0) is 26.9. The van der Waals surface area contributed by atoms with E-state index in [2.05, 4.69) is 155 Å². The molecule has 0 aliphatic heterocycles. The van der Waals surface area contributed by atoms with Crippen molar-refractivity contribution in [2.24, 2.45) is 0 Å². The molecule has 0 bridgehead atoms. The van der Waals surface area contributed by atoms with Crippen molar-refractivity contribution >= 4 is 43.8 Å². The van der Waals surface area contributed by atoms with Crippen LogP contribution in [0.4, 0.5) is 11.4 Å². The normalized spacial score (nSPS) is 11.3. The van der Waals surface area contributed by atoms with Gasteiger partial charge in [-0.25, -0.2) is 0 Å². The maximum absolute atomic E-state index is 2.38. The topological polar surface area (TPSA) is 8.17 Å². The average Bonchev–Trinajstić information content (AvgIpc) is 3.62. The van der Waals surface area contributed by atoms with Gasteiger partial charge in [0.2, 0.25) is 0 Å². The first kappa shape index (κ1) is 24.4. The fraction of sp³-hybridized carbons (Fsp3) is 0.0811. The highest BCUT2D eigenvalue weighted by atomic mass is 32.1. The third kappa shape index (κ3) is 4.49. The average molecular weight is 535 g/mol. The summed E-state index contributed by atoms with van der Waals surface area (Å²) in [7, 11) is 2.16. The third-order valence-electron chi connectivity index (χ3n) is 7.88. The number of aryl methyl sites for hydroxylation is 2. The van der Waals surface area contributed by atoms with Crippen LogP contribution in [-0.4, -0.2) is 11.6 Å². The number of fused-ring (bicyclic) bond motifs is 3. The van der Waals surface area contributed by atoms with Crippen molar-refractivity contribution in [2.75, 3.05) is 11.9 Å². The Hall–Kier alpha value is -4.60. The van der Waals surface area contributed by atoms with Crippen LogP contribution in [0.3, 0.4) is 0 Å². The lowest BCUT2D eigenvalue weighted by molar-refractivity contribution is 0.952. The number of aromatic nitrogens is 1. The van der Waals surface area contributed by atoms with E-state index in [0.29, 0.717) is 0 Å². The first-order valence-corrected chi connectivity index (χ1v) is 14.7. The third-order valence-corrected chi connectivity index (χ3v) is 8.77. The lowest BCUT2D eigenvalue weighted by Gasteiger charge is -2.23. The van der Waals surface area contributed by atoms with Gasteiger partial charge >= 0.3 is 0 Å². The van der Waals surface area contributed by atoms with Gasteiger partial charge in [-0.2, -0.15) is 0 Å². The molecule has 2 heterocycles. The summed E-state index contributed by atoms with van der Waals surface area (Å²) in [6.07, 6.45) is 2.06. The van der Waals surface area contributed by atoms with E-state index in [4.69, 9.17) is 0 Å². The molecule has 2 aromatic heterocycles. The molecule has 0 radical (unpaired) electrons. The second-order valence-electron chi connectivity index (χ2n) is 10.3. The molecule has 7 aromatic rings. The standard InChI is InChI=1S/C37H30N2S/c1-38(35-13-7-5-11-30(35)16-15-27-9-3-2-4-10-27)31-21-17-28(18-22-31)29-19-23-32(24-20-29)39-36-14-8-6-12-33(36)34-25-26-40-37(34)39/h2-14,17-26H,15-16H2,1H3. The molecule has 40 heavy (non-hydrogen) atoms. The first-order valence-electron chi connectivity index (χ1n) is 13.8. The lowest BCUT2D eigenvalue weighted by atomic mass is 10.0. The SMILES string of the molecule is CN(c1ccc(-c2ccc(-n3c4ccccc4c4ccsc43)cc2)cc1)c1ccccc1CCc1ccccc1. The minimum atomic E-state index is 1.02. The summed E-state index contributed by atoms with van der Waals surface area (Å²) in [6, 6.07) is 48.3. The van der Waals surface area contributed by atoms with Gasteiger partial charge in [0.15, 0.2) is 0 Å². The molecule has 194 valence electrons. The van der Waals surface area contributed by atoms with Crippen molar-refractivity contribution in [3.8, 4) is 16.8 Å². The van der Waals surface area contributed by atoms with Crippen LogP contribution in [0.2, 0.25) is 0 Å². The van der Waals surface area contributed by atoms with Crippen LogP contribution in [-0.2, 0) is 12.8 Å². The monoisotopic (exact) mass is 534 g/mol. The number of anilines is 2. The van der Waals surface area contributed by atoms with Crippen molar-refractivity contribution in [3.63, 3.8) is 0 Å². The van der Waals surface area contributed by atoms with Gasteiger partial charge in [0.1, 0.15) is 4.83 Å². The lowest BCUT2D eigenvalue weighted by Crippen LogP contribution is -2.12. The number of hydrogen-bond acceptors (Lipinski definition) is 2. The zero-order valence-corrected chi connectivity index (χ0v) is 23.3. The first-order chi connectivity index (χ1) is 19.8. The summed E-state index contributed by atoms with van der Waals surface area (Å²) < 4.78 is 2.38. The molecule has 0 atom stereocenters. The van der Waals surface area contributed by atoms with E-state index in [-0.39, 0.29) is 0 Å². The summed E-state index contributed by atoms with van der Waals surface area (Å²) >= 11 is 1.80. The Morgan fingerprint density at radius 3 is 2.08 bits per heavy atom. The van der Waals surface area contributed by atoms with Gasteiger partial charge in [0.05, 0.1) is 5.52 Å². The van der Waals surface area contributed by atoms with Crippen molar-refractivity contribution < 1.29 is 0 Å². The number of para-hydroxylation sites is 2. The maximum Gasteiger partial charge on any atom is 0.108 e. The van der Waals surface area contributed by atoms with Gasteiger partial charge in [-0.05, 0) is 82.9 Å². The van der Waals surface area contributed by atoms with Crippen LogP contribution >= 0.6 is 11.3 Å². The predicted molar refractivity (Wildman–Crippen MR) is 172 cm³/mol. The highest BCUT2D eigenvalue weighted by Crippen LogP contribution is 2.36. The Bertz CT molecular complexity index is 1890. The van der Waals surface area contributed by atoms with Crippen molar-refractivity contribution in [2.45, 2.75) is 12.8 Å². The van der Waals surface area contributed by atoms with Gasteiger partial charge in [-0.3, -0.25) is 0 Å². The van der Waals surface area contributed by atoms with E-state index >= 15 is 0 Å². The summed E-state index contributed by atoms with van der Waals surface area (Å²) in [5.41, 5.74) is 10.1. The second kappa shape index (κ2) is 10.5. The fourth-order valence-corrected chi connectivity index (χ4v) is 6.68. The van der Waals surface area contributed by atoms with E-state index in [1.165, 1.54) is 60.4 Å². The van der Waals surface area contributed by atoms with Gasteiger partial charge in [0, 0.05) is 34.9 Å². The highest BCUT2D eigenvalue weighted by Gasteiger charge is 2.13. The van der Waals surface area contributed by atoms with Crippen LogP contribution in [0.1, 0.15) is 11.1 Å². The van der Waals surface area contributed by atoms with E-state index in [9.17, 15) is 0 Å². The Morgan fingerprint density at radius 2 is 1.27 bits per heavy atom. The highest BCUT2D eigenvalue weighted by molar-refractivity contribution is 7.17. The molecule has 2 nitrogen and oxygen atoms in total. The van der Waals surface area contributed by atoms with Crippen molar-refractivity contribution in [1.29, 1.82) is 0 Å². The van der Waals surface area contributed by atoms with Crippen molar-refractivity contribution in [1.82, 2.24) is 4.57 Å². The molecule has 0 fully saturated rings. The molecule has 0 aliphatic carbocycles. The van der Waals surface area contributed by atoms with Crippen LogP contribution in [0.5, 0.6) is 0 Å². The zero-order valence-electron chi connectivity index (χ0n) is 22.5. The quantitative estimate of drug-likeness (QED) is 0.197. The molecule has 0 amide bonds. The molecule has 5 aromatic carbocycles. The molecule has 0 unspecified atom stereocenters. The van der Waals surface area contributed by atoms with E-state index in [1.54, 1.807) is 11.3 Å². The van der Waals surface area contributed by atoms with Crippen LogP contribution < -0.4 is 4.90 Å². The number of hydrogen-bond donors (Lipinski definition) is 0. The fourth-order valence-electron chi connectivity index (χ4n) is 5.73. The Morgan fingerprint density at radius 1 is 0.600 bits per heavy atom. The van der Waals surface area contributed by atoms with Gasteiger partial charge in [-0.1, -0.05) is 91.0 Å². The van der Waals surface area contributed by atoms with Gasteiger partial charge in [-0.15, -0.1) is 11.3 Å². The second-order valence-corrected chi connectivity index (χ2v) is 11.2. The minimum absolute atomic E-state index is 1.02. The molecule has 3 heteroatoms. The predicted octanol–water partition coefficient (Wildman–Crippen LogP) is 10.1. The molecular formula is C37H30N2S. The largest absolute Gasteiger partial charge is 0.344 e. The smallest absolute Gasteiger partial charge is 0.108 e. The summed E-state index contributed by atoms with van der Waals surface area (Å²) in [5.74, 6) is 0. The van der Waals surface area contributed by atoms with Crippen LogP contribution in [0, 0.1) is 0 Å². The Labute approximate surface area is 239 Å². The van der Waals surface area contributed by atoms with Gasteiger partial charge in [0.25, 0.3) is 0 Å². The number of rotatable bonds is 7. The summed E-state index contributed by atoms with van der Waals surface area (Å²) in [5, 5.41) is 4.82. The molecule has 0 saturated heterocycles. The van der Waals surface area contributed by atoms with Gasteiger partial charge < -0.3 is 9.47 Å². The number of nitrogens with zero attached hydrogens (tertiary/aromatic N) is 2. The molecule has 0 saturated carbocycles. The molecule has 7 rings (SSSR count). The Balaban J connectivity index is 1.12. The molecule has 0 spiro atoms. The Kier molecular flexibility index (Phi) is 6.43. The minimum Gasteiger partial charge on any atom is -0.344 e. The maximum atomic E-state index is 2.38. The molecule has 0 aliphatic rings. The number of thiophene rings is 1. The van der Waals surface area contributed by atoms with E-state index in [0.717, 1.165) is 12.8 Å². The molecular weight excluding hydrogens is 504 g/mol. The summed E-state index contributed by atoms with van der Waals surface area (Å²) in [4.78, 5) is 3.60. The van der Waals surface area contributed by atoms with E-state index in [1.807, 2.05) is 0 Å². The number of benzene rings is 5. The molecule has 0 N–H and O–H groups in total. The van der Waals surface area contributed by atoms with Crippen LogP contribution in [0.25, 0.3) is 37.9 Å². The van der Waals surface area contributed by atoms with E-state index < -0.39 is 0 Å². The summed E-state index contributed by atoms with van der Waals surface area (Å²) in [6.45, 7) is 0. The van der Waals surface area contributed by atoms with Crippen molar-refractivity contribution in [3.05, 3.63) is 150 Å².